The van der Waals surface area contributed by atoms with Gasteiger partial charge in [0, 0.05) is 11.1 Å². The minimum Gasteiger partial charge on any atom is -0.307 e. The topological polar surface area (TPSA) is 51.0 Å². The maximum absolute atomic E-state index is 14.2. The third kappa shape index (κ3) is 7.96. The molecule has 2 heterocycles. The number of allylic oxidation sites excluding steroid dienone is 23. The summed E-state index contributed by atoms with van der Waals surface area (Å²) in [5, 5.41) is 9.45. The molecule has 3 aliphatic rings. The number of fused-ring (bicyclic) bond motifs is 5. The zero-order chi connectivity index (χ0) is 32.1. The molecule has 0 saturated carbocycles. The maximum Gasteiger partial charge on any atom is 0.231 e. The summed E-state index contributed by atoms with van der Waals surface area (Å²) in [5.41, 5.74) is 7.43. The molecule has 5 nitrogen and oxygen atoms in total. The van der Waals surface area contributed by atoms with Gasteiger partial charge < -0.3 is 4.90 Å². The van der Waals surface area contributed by atoms with Gasteiger partial charge in [0.25, 0.3) is 0 Å². The maximum atomic E-state index is 14.2. The number of hydrogen-bond acceptors (Lipinski definition) is 3. The molecular formula is C42H36N4O. The molecule has 1 amide bonds. The first-order valence-electron chi connectivity index (χ1n) is 15.8. The van der Waals surface area contributed by atoms with Crippen molar-refractivity contribution in [1.29, 1.82) is 0 Å². The molecule has 0 radical (unpaired) electrons. The summed E-state index contributed by atoms with van der Waals surface area (Å²) in [5.74, 6) is 0.00570. The second-order valence-corrected chi connectivity index (χ2v) is 11.1. The van der Waals surface area contributed by atoms with Crippen molar-refractivity contribution in [2.24, 2.45) is 0 Å². The van der Waals surface area contributed by atoms with Crippen LogP contribution in [-0.2, 0) is 17.9 Å². The average Bonchev–Trinajstić information content (AvgIpc) is 3.48. The van der Waals surface area contributed by atoms with Crippen LogP contribution < -0.4 is 4.90 Å². The number of anilines is 1. The fourth-order valence-corrected chi connectivity index (χ4v) is 5.54. The summed E-state index contributed by atoms with van der Waals surface area (Å²) in [6, 6.07) is 16.3. The summed E-state index contributed by atoms with van der Waals surface area (Å²) < 4.78 is 1.97. The molecule has 2 aliphatic carbocycles. The highest BCUT2D eigenvalue weighted by Gasteiger charge is 2.29. The molecule has 1 aromatic heterocycles. The number of amides is 1. The van der Waals surface area contributed by atoms with Crippen LogP contribution in [0.2, 0.25) is 0 Å². The fourth-order valence-electron chi connectivity index (χ4n) is 5.54. The zero-order valence-electron chi connectivity index (χ0n) is 26.1. The Balaban J connectivity index is 1.39. The zero-order valence-corrected chi connectivity index (χ0v) is 26.1. The van der Waals surface area contributed by atoms with Gasteiger partial charge in [-0.1, -0.05) is 181 Å². The van der Waals surface area contributed by atoms with Gasteiger partial charge >= 0.3 is 0 Å². The lowest BCUT2D eigenvalue weighted by Gasteiger charge is -2.29. The molecule has 0 N–H and O–H groups in total. The van der Waals surface area contributed by atoms with E-state index < -0.39 is 0 Å². The molecule has 0 fully saturated rings. The molecule has 47 heavy (non-hydrogen) atoms. The second kappa shape index (κ2) is 15.8. The Bertz CT molecular complexity index is 1980. The van der Waals surface area contributed by atoms with Gasteiger partial charge in [0.1, 0.15) is 5.69 Å². The molecule has 0 atom stereocenters. The van der Waals surface area contributed by atoms with Crippen LogP contribution >= 0.6 is 0 Å². The number of carbonyl (C=O) groups excluding carboxylic acids is 1. The van der Waals surface area contributed by atoms with Crippen molar-refractivity contribution in [2.45, 2.75) is 19.5 Å². The van der Waals surface area contributed by atoms with Crippen molar-refractivity contribution >= 4 is 11.6 Å². The first kappa shape index (κ1) is 30.9. The van der Waals surface area contributed by atoms with Crippen molar-refractivity contribution in [1.82, 2.24) is 15.0 Å². The predicted molar refractivity (Wildman–Crippen MR) is 194 cm³/mol. The average molecular weight is 613 g/mol. The SMILES string of the molecule is O=C(CC1=C/C=C\C=C/C=C\C=C/C=C\1)N1Cc2ccccc2-c2c(nnn2CC2=C/C=C\C=C/C=C\C=C/C=C\2)-c2ccccc21. The van der Waals surface area contributed by atoms with E-state index in [4.69, 9.17) is 10.3 Å². The van der Waals surface area contributed by atoms with Gasteiger partial charge in [0.2, 0.25) is 5.91 Å². The van der Waals surface area contributed by atoms with Crippen LogP contribution in [0.4, 0.5) is 5.69 Å². The summed E-state index contributed by atoms with van der Waals surface area (Å²) in [7, 11) is 0. The van der Waals surface area contributed by atoms with Crippen molar-refractivity contribution in [3.05, 3.63) is 199 Å². The van der Waals surface area contributed by atoms with E-state index in [1.165, 1.54) is 0 Å². The van der Waals surface area contributed by atoms with Gasteiger partial charge in [0.15, 0.2) is 0 Å². The molecule has 5 heteroatoms. The Morgan fingerprint density at radius 3 is 1.81 bits per heavy atom. The normalized spacial score (nSPS) is 24.6. The lowest BCUT2D eigenvalue weighted by atomic mass is 9.95. The van der Waals surface area contributed by atoms with E-state index in [-0.39, 0.29) is 12.3 Å². The van der Waals surface area contributed by atoms with Gasteiger partial charge in [0.05, 0.1) is 30.9 Å². The van der Waals surface area contributed by atoms with E-state index in [0.717, 1.165) is 44.9 Å². The van der Waals surface area contributed by atoms with Crippen LogP contribution in [0.15, 0.2) is 193 Å². The lowest BCUT2D eigenvalue weighted by molar-refractivity contribution is -0.118. The molecule has 1 aliphatic heterocycles. The van der Waals surface area contributed by atoms with Gasteiger partial charge in [-0.25, -0.2) is 4.68 Å². The molecule has 0 saturated heterocycles. The van der Waals surface area contributed by atoms with Gasteiger partial charge in [-0.3, -0.25) is 4.79 Å². The Labute approximate surface area is 276 Å². The smallest absolute Gasteiger partial charge is 0.231 e. The van der Waals surface area contributed by atoms with E-state index in [9.17, 15) is 4.79 Å². The van der Waals surface area contributed by atoms with Crippen LogP contribution in [-0.4, -0.2) is 20.9 Å². The Kier molecular flexibility index (Phi) is 10.4. The predicted octanol–water partition coefficient (Wildman–Crippen LogP) is 9.29. The standard InChI is InChI=1S/C42H36N4O/c47-40(31-34-23-15-11-7-3-1-4-8-12-16-24-34)45-33-36-27-19-20-28-37(36)42-41(38-29-21-22-30-39(38)45)43-44-46(42)32-35-25-17-13-9-5-2-6-10-14-18-26-35/h1-30H,31-33H2/b3-1-,4-1?,5-2-,6-2?,7-3?,8-4-,9-5?,10-6-,11-7-,12-8?,13-9-,14-10?,15-11?,16-12-,17-13?,18-14-,23-15-,24-16?,25-17-,26-18?,34-23?,34-24+,35-25?,35-26+. The minimum atomic E-state index is 0.00570. The molecule has 0 bridgehead atoms. The molecule has 3 aromatic rings. The van der Waals surface area contributed by atoms with Crippen molar-refractivity contribution < 1.29 is 4.79 Å². The summed E-state index contributed by atoms with van der Waals surface area (Å²) in [6.45, 7) is 0.954. The largest absolute Gasteiger partial charge is 0.307 e. The third-order valence-electron chi connectivity index (χ3n) is 7.79. The van der Waals surface area contributed by atoms with E-state index in [0.29, 0.717) is 13.1 Å². The molecule has 0 unspecified atom stereocenters. The monoisotopic (exact) mass is 612 g/mol. The molecule has 0 spiro atoms. The van der Waals surface area contributed by atoms with Gasteiger partial charge in [-0.15, -0.1) is 5.10 Å². The highest BCUT2D eigenvalue weighted by Crippen LogP contribution is 2.41. The summed E-state index contributed by atoms with van der Waals surface area (Å²) in [6.07, 6.45) is 44.3. The number of rotatable bonds is 4. The molecular weight excluding hydrogens is 576 g/mol. The summed E-state index contributed by atoms with van der Waals surface area (Å²) >= 11 is 0. The lowest BCUT2D eigenvalue weighted by Crippen LogP contribution is -2.32. The molecule has 230 valence electrons. The Morgan fingerprint density at radius 1 is 0.596 bits per heavy atom. The number of carbonyl (C=O) groups is 1. The van der Waals surface area contributed by atoms with Crippen molar-refractivity contribution in [2.75, 3.05) is 4.90 Å². The van der Waals surface area contributed by atoms with Gasteiger partial charge in [-0.05, 0) is 22.8 Å². The number of hydrogen-bond donors (Lipinski definition) is 0. The fraction of sp³-hybridized carbons (Fsp3) is 0.0714. The van der Waals surface area contributed by atoms with E-state index >= 15 is 0 Å². The van der Waals surface area contributed by atoms with Crippen LogP contribution in [0.5, 0.6) is 0 Å². The number of para-hydroxylation sites is 1. The number of benzene rings is 2. The van der Waals surface area contributed by atoms with Gasteiger partial charge in [-0.2, -0.15) is 0 Å². The van der Waals surface area contributed by atoms with E-state index in [2.05, 4.69) is 24.3 Å². The number of nitrogens with zero attached hydrogens (tertiary/aromatic N) is 4. The van der Waals surface area contributed by atoms with Crippen LogP contribution in [0.3, 0.4) is 0 Å². The highest BCUT2D eigenvalue weighted by atomic mass is 16.2. The van der Waals surface area contributed by atoms with E-state index in [1.807, 2.05) is 168 Å². The Hall–Kier alpha value is -6.07. The summed E-state index contributed by atoms with van der Waals surface area (Å²) in [4.78, 5) is 16.1. The second-order valence-electron chi connectivity index (χ2n) is 11.1. The first-order valence-corrected chi connectivity index (χ1v) is 15.8. The third-order valence-corrected chi connectivity index (χ3v) is 7.79. The quantitative estimate of drug-likeness (QED) is 0.295. The number of aromatic nitrogens is 3. The minimum absolute atomic E-state index is 0.00570. The van der Waals surface area contributed by atoms with Crippen LogP contribution in [0, 0.1) is 0 Å². The Morgan fingerprint density at radius 2 is 1.13 bits per heavy atom. The van der Waals surface area contributed by atoms with Crippen LogP contribution in [0.1, 0.15) is 12.0 Å². The van der Waals surface area contributed by atoms with Crippen molar-refractivity contribution in [3.63, 3.8) is 0 Å². The highest BCUT2D eigenvalue weighted by molar-refractivity contribution is 6.01. The van der Waals surface area contributed by atoms with Crippen LogP contribution in [0.25, 0.3) is 22.5 Å². The van der Waals surface area contributed by atoms with Crippen molar-refractivity contribution in [3.8, 4) is 22.5 Å². The molecule has 2 aromatic carbocycles. The first-order chi connectivity index (χ1) is 23.3. The van der Waals surface area contributed by atoms with E-state index in [1.54, 1.807) is 0 Å². The molecule has 6 rings (SSSR count).